The Hall–Kier alpha value is -2.00. The van der Waals surface area contributed by atoms with Crippen LogP contribution in [0.1, 0.15) is 45.2 Å². The topological polar surface area (TPSA) is 78.3 Å². The van der Waals surface area contributed by atoms with Crippen LogP contribution in [0.3, 0.4) is 0 Å². The Bertz CT molecular complexity index is 928. The molecule has 1 atom stereocenters. The van der Waals surface area contributed by atoms with Crippen molar-refractivity contribution >= 4 is 39.6 Å². The summed E-state index contributed by atoms with van der Waals surface area (Å²) in [5.41, 5.74) is 1.99. The van der Waals surface area contributed by atoms with Crippen molar-refractivity contribution in [1.82, 2.24) is 14.8 Å². The van der Waals surface area contributed by atoms with Crippen molar-refractivity contribution in [3.8, 4) is 5.75 Å². The van der Waals surface area contributed by atoms with Gasteiger partial charge in [-0.25, -0.2) is 9.48 Å². The number of unbranched alkanes of at least 4 members (excludes halogenated alkanes) is 1. The molecule has 1 aromatic carbocycles. The first-order valence-corrected chi connectivity index (χ1v) is 11.4. The molecule has 1 unspecified atom stereocenters. The van der Waals surface area contributed by atoms with Crippen LogP contribution >= 0.6 is 27.7 Å². The molecule has 0 spiro atoms. The number of hydrogen-bond donors (Lipinski definition) is 1. The molecular weight excluding hydrogens is 456 g/mol. The molecule has 0 saturated heterocycles. The van der Waals surface area contributed by atoms with Crippen LogP contribution in [0.2, 0.25) is 0 Å². The normalized spacial score (nSPS) is 15.7. The van der Waals surface area contributed by atoms with Gasteiger partial charge in [0.2, 0.25) is 11.1 Å². The smallest absolute Gasteiger partial charge is 0.338 e. The lowest BCUT2D eigenvalue weighted by atomic mass is 9.95. The number of allylic oxidation sites excluding steroid dienone is 1. The van der Waals surface area contributed by atoms with E-state index in [-0.39, 0.29) is 5.97 Å². The van der Waals surface area contributed by atoms with Gasteiger partial charge in [0.1, 0.15) is 11.8 Å². The van der Waals surface area contributed by atoms with E-state index in [2.05, 4.69) is 33.2 Å². The first-order valence-electron chi connectivity index (χ1n) is 9.57. The van der Waals surface area contributed by atoms with Crippen molar-refractivity contribution < 1.29 is 14.3 Å². The SMILES string of the molecule is CCCCSc1nc2n(n1)C(c1cc(Br)ccc1OC)C(C(=O)OCC)=C(C)N2. The summed E-state index contributed by atoms with van der Waals surface area (Å²) < 4.78 is 13.6. The minimum atomic E-state index is -0.509. The summed E-state index contributed by atoms with van der Waals surface area (Å²) in [6, 6.07) is 5.20. The van der Waals surface area contributed by atoms with Gasteiger partial charge < -0.3 is 14.8 Å². The second kappa shape index (κ2) is 9.67. The van der Waals surface area contributed by atoms with Crippen LogP contribution in [0.5, 0.6) is 5.75 Å². The fourth-order valence-corrected chi connectivity index (χ4v) is 4.47. The lowest BCUT2D eigenvalue weighted by Gasteiger charge is -2.29. The Balaban J connectivity index is 2.12. The summed E-state index contributed by atoms with van der Waals surface area (Å²) >= 11 is 5.14. The number of anilines is 1. The maximum absolute atomic E-state index is 12.9. The van der Waals surface area contributed by atoms with Crippen molar-refractivity contribution in [3.63, 3.8) is 0 Å². The molecule has 2 aromatic rings. The van der Waals surface area contributed by atoms with Crippen LogP contribution in [0.25, 0.3) is 0 Å². The van der Waals surface area contributed by atoms with E-state index in [0.717, 1.165) is 28.6 Å². The molecular formula is C20H25BrN4O3S. The van der Waals surface area contributed by atoms with Gasteiger partial charge in [0.25, 0.3) is 0 Å². The molecule has 156 valence electrons. The van der Waals surface area contributed by atoms with Gasteiger partial charge in [-0.1, -0.05) is 41.0 Å². The van der Waals surface area contributed by atoms with E-state index in [1.807, 2.05) is 25.1 Å². The van der Waals surface area contributed by atoms with Crippen molar-refractivity contribution in [2.45, 2.75) is 44.8 Å². The molecule has 0 fully saturated rings. The minimum Gasteiger partial charge on any atom is -0.496 e. The first-order chi connectivity index (χ1) is 14.0. The van der Waals surface area contributed by atoms with Crippen LogP contribution in [-0.4, -0.2) is 40.2 Å². The Morgan fingerprint density at radius 1 is 1.38 bits per heavy atom. The fraction of sp³-hybridized carbons (Fsp3) is 0.450. The fourth-order valence-electron chi connectivity index (χ4n) is 3.18. The van der Waals surface area contributed by atoms with Gasteiger partial charge in [0.15, 0.2) is 0 Å². The molecule has 1 aliphatic rings. The molecule has 9 heteroatoms. The Morgan fingerprint density at radius 2 is 2.17 bits per heavy atom. The molecule has 29 heavy (non-hydrogen) atoms. The summed E-state index contributed by atoms with van der Waals surface area (Å²) in [5, 5.41) is 8.60. The van der Waals surface area contributed by atoms with Crippen LogP contribution in [0.4, 0.5) is 5.95 Å². The van der Waals surface area contributed by atoms with Crippen LogP contribution in [0, 0.1) is 0 Å². The molecule has 0 radical (unpaired) electrons. The van der Waals surface area contributed by atoms with Gasteiger partial charge in [-0.3, -0.25) is 0 Å². The molecule has 1 aromatic heterocycles. The molecule has 7 nitrogen and oxygen atoms in total. The number of rotatable bonds is 8. The van der Waals surface area contributed by atoms with E-state index in [1.54, 1.807) is 30.5 Å². The number of nitrogens with one attached hydrogen (secondary N) is 1. The number of benzene rings is 1. The highest BCUT2D eigenvalue weighted by Crippen LogP contribution is 2.41. The number of hydrogen-bond acceptors (Lipinski definition) is 7. The number of methoxy groups -OCH3 is 1. The number of aromatic nitrogens is 3. The molecule has 0 aliphatic carbocycles. The zero-order chi connectivity index (χ0) is 21.0. The Labute approximate surface area is 183 Å². The quantitative estimate of drug-likeness (QED) is 0.330. The summed E-state index contributed by atoms with van der Waals surface area (Å²) in [5.74, 6) is 1.82. The van der Waals surface area contributed by atoms with Gasteiger partial charge in [0.05, 0.1) is 19.3 Å². The van der Waals surface area contributed by atoms with Crippen LogP contribution < -0.4 is 10.1 Å². The number of thioether (sulfide) groups is 1. The van der Waals surface area contributed by atoms with E-state index in [0.29, 0.717) is 34.7 Å². The van der Waals surface area contributed by atoms with Crippen molar-refractivity contribution in [1.29, 1.82) is 0 Å². The molecule has 0 saturated carbocycles. The average Bonchev–Trinajstić information content (AvgIpc) is 3.09. The second-order valence-corrected chi connectivity index (χ2v) is 8.52. The molecule has 0 bridgehead atoms. The van der Waals surface area contributed by atoms with E-state index in [1.165, 1.54) is 0 Å². The third kappa shape index (κ3) is 4.61. The summed E-state index contributed by atoms with van der Waals surface area (Å²) in [7, 11) is 1.61. The summed E-state index contributed by atoms with van der Waals surface area (Å²) in [6.07, 6.45) is 2.21. The second-order valence-electron chi connectivity index (χ2n) is 6.54. The van der Waals surface area contributed by atoms with Gasteiger partial charge in [0, 0.05) is 21.5 Å². The van der Waals surface area contributed by atoms with E-state index in [9.17, 15) is 4.79 Å². The zero-order valence-corrected chi connectivity index (χ0v) is 19.4. The summed E-state index contributed by atoms with van der Waals surface area (Å²) in [4.78, 5) is 17.5. The van der Waals surface area contributed by atoms with E-state index < -0.39 is 6.04 Å². The maximum Gasteiger partial charge on any atom is 0.338 e. The van der Waals surface area contributed by atoms with Gasteiger partial charge in [-0.05, 0) is 38.5 Å². The minimum absolute atomic E-state index is 0.292. The van der Waals surface area contributed by atoms with Crippen molar-refractivity contribution in [2.24, 2.45) is 0 Å². The molecule has 0 amide bonds. The lowest BCUT2D eigenvalue weighted by molar-refractivity contribution is -0.139. The molecule has 3 rings (SSSR count). The summed E-state index contributed by atoms with van der Waals surface area (Å²) in [6.45, 7) is 6.09. The number of esters is 1. The number of nitrogens with zero attached hydrogens (tertiary/aromatic N) is 3. The first kappa shape index (κ1) is 21.7. The van der Waals surface area contributed by atoms with Gasteiger partial charge >= 0.3 is 5.97 Å². The third-order valence-corrected chi connectivity index (χ3v) is 5.96. The largest absolute Gasteiger partial charge is 0.496 e. The molecule has 2 heterocycles. The van der Waals surface area contributed by atoms with Crippen molar-refractivity contribution in [2.75, 3.05) is 24.8 Å². The number of carbonyl (C=O) groups is 1. The van der Waals surface area contributed by atoms with Crippen molar-refractivity contribution in [3.05, 3.63) is 39.5 Å². The Kier molecular flexibility index (Phi) is 7.23. The molecule has 1 aliphatic heterocycles. The maximum atomic E-state index is 12.9. The number of halogens is 1. The molecule has 1 N–H and O–H groups in total. The Morgan fingerprint density at radius 3 is 2.86 bits per heavy atom. The highest BCUT2D eigenvalue weighted by molar-refractivity contribution is 9.10. The predicted octanol–water partition coefficient (Wildman–Crippen LogP) is 4.79. The predicted molar refractivity (Wildman–Crippen MR) is 117 cm³/mol. The number of ether oxygens (including phenoxy) is 2. The van der Waals surface area contributed by atoms with E-state index >= 15 is 0 Å². The van der Waals surface area contributed by atoms with Gasteiger partial charge in [-0.15, -0.1) is 5.10 Å². The third-order valence-electron chi connectivity index (χ3n) is 4.54. The lowest BCUT2D eigenvalue weighted by Crippen LogP contribution is -2.30. The zero-order valence-electron chi connectivity index (χ0n) is 17.0. The van der Waals surface area contributed by atoms with E-state index in [4.69, 9.17) is 14.6 Å². The van der Waals surface area contributed by atoms with Crippen LogP contribution in [0.15, 0.2) is 39.1 Å². The number of fused-ring (bicyclic) bond motifs is 1. The van der Waals surface area contributed by atoms with Crippen LogP contribution in [-0.2, 0) is 9.53 Å². The van der Waals surface area contributed by atoms with Gasteiger partial charge in [-0.2, -0.15) is 4.98 Å². The highest BCUT2D eigenvalue weighted by atomic mass is 79.9. The highest BCUT2D eigenvalue weighted by Gasteiger charge is 2.36. The number of carbonyl (C=O) groups excluding carboxylic acids is 1. The monoisotopic (exact) mass is 480 g/mol. The average molecular weight is 481 g/mol. The standard InChI is InChI=1S/C20H25BrN4O3S/c1-5-7-10-29-20-23-19-22-12(3)16(18(26)28-6-2)17(25(19)24-20)14-11-13(21)8-9-15(14)27-4/h8-9,11,17H,5-7,10H2,1-4H3,(H,22,23,24).